The van der Waals surface area contributed by atoms with E-state index in [0.717, 1.165) is 36.6 Å². The van der Waals surface area contributed by atoms with E-state index in [1.54, 1.807) is 34.1 Å². The third-order valence-corrected chi connectivity index (χ3v) is 6.73. The summed E-state index contributed by atoms with van der Waals surface area (Å²) in [5.41, 5.74) is 4.50. The SMILES string of the molecule is O=C(c1ccc2c3c(cccc13)CC2)[C@H]1CCCN(C(=O)c2cnn3cccnc23)C1. The predicted molar refractivity (Wildman–Crippen MR) is 117 cm³/mol. The highest BCUT2D eigenvalue weighted by Gasteiger charge is 2.32. The van der Waals surface area contributed by atoms with Crippen LogP contribution < -0.4 is 0 Å². The molecule has 0 radical (unpaired) electrons. The molecule has 31 heavy (non-hydrogen) atoms. The topological polar surface area (TPSA) is 67.6 Å². The van der Waals surface area contributed by atoms with Crippen LogP contribution in [0.5, 0.6) is 0 Å². The van der Waals surface area contributed by atoms with E-state index in [2.05, 4.69) is 34.3 Å². The second kappa shape index (κ2) is 7.01. The van der Waals surface area contributed by atoms with Crippen LogP contribution in [0.4, 0.5) is 0 Å². The van der Waals surface area contributed by atoms with E-state index in [-0.39, 0.29) is 17.6 Å². The number of ketones is 1. The molecule has 0 saturated carbocycles. The Balaban J connectivity index is 1.30. The van der Waals surface area contributed by atoms with Crippen LogP contribution in [-0.2, 0) is 12.8 Å². The number of nitrogens with zero attached hydrogens (tertiary/aromatic N) is 4. The molecule has 1 saturated heterocycles. The molecule has 1 aliphatic carbocycles. The van der Waals surface area contributed by atoms with E-state index in [4.69, 9.17) is 0 Å². The zero-order valence-electron chi connectivity index (χ0n) is 17.1. The Labute approximate surface area is 179 Å². The summed E-state index contributed by atoms with van der Waals surface area (Å²) in [5, 5.41) is 6.55. The lowest BCUT2D eigenvalue weighted by molar-refractivity contribution is 0.0639. The molecule has 0 N–H and O–H groups in total. The lowest BCUT2D eigenvalue weighted by Crippen LogP contribution is -2.42. The Bertz CT molecular complexity index is 1350. The number of piperidine rings is 1. The molecular weight excluding hydrogens is 388 g/mol. The number of fused-ring (bicyclic) bond motifs is 1. The van der Waals surface area contributed by atoms with Gasteiger partial charge in [0.05, 0.1) is 6.20 Å². The van der Waals surface area contributed by atoms with E-state index in [9.17, 15) is 9.59 Å². The second-order valence-electron chi connectivity index (χ2n) is 8.51. The number of benzene rings is 2. The number of aromatic nitrogens is 3. The van der Waals surface area contributed by atoms with Crippen LogP contribution in [0.1, 0.15) is 44.7 Å². The van der Waals surface area contributed by atoms with Crippen LogP contribution >= 0.6 is 0 Å². The number of carbonyl (C=O) groups is 2. The van der Waals surface area contributed by atoms with Crippen molar-refractivity contribution in [2.75, 3.05) is 13.1 Å². The summed E-state index contributed by atoms with van der Waals surface area (Å²) in [7, 11) is 0. The molecule has 2 aromatic heterocycles. The fourth-order valence-electron chi connectivity index (χ4n) is 5.21. The molecule has 6 rings (SSSR count). The summed E-state index contributed by atoms with van der Waals surface area (Å²) in [5.74, 6) is -0.149. The molecule has 0 spiro atoms. The third-order valence-electron chi connectivity index (χ3n) is 6.73. The monoisotopic (exact) mass is 410 g/mol. The molecular formula is C25H22N4O2. The number of likely N-dealkylation sites (tertiary alicyclic amines) is 1. The van der Waals surface area contributed by atoms with Crippen molar-refractivity contribution in [3.8, 4) is 0 Å². The third kappa shape index (κ3) is 2.86. The number of Topliss-reactive ketones (excluding diaryl/α,β-unsaturated/α-hetero) is 1. The quantitative estimate of drug-likeness (QED) is 0.483. The van der Waals surface area contributed by atoms with Gasteiger partial charge in [0.1, 0.15) is 5.56 Å². The molecule has 0 bridgehead atoms. The van der Waals surface area contributed by atoms with Crippen LogP contribution in [0.3, 0.4) is 0 Å². The first kappa shape index (κ1) is 18.2. The molecule has 154 valence electrons. The molecule has 3 heterocycles. The van der Waals surface area contributed by atoms with Crippen molar-refractivity contribution in [2.45, 2.75) is 25.7 Å². The lowest BCUT2D eigenvalue weighted by Gasteiger charge is -2.32. The molecule has 2 aliphatic rings. The standard InChI is InChI=1S/C25H22N4O2/c30-23(20-10-9-17-8-7-16-4-1-6-19(20)22(16)17)18-5-2-12-28(15-18)25(31)21-14-27-29-13-3-11-26-24(21)29/h1,3-4,6,9-11,13-14,18H,2,5,7-8,12,15H2/t18-/m0/s1. The molecule has 2 aromatic carbocycles. The minimum Gasteiger partial charge on any atom is -0.338 e. The zero-order chi connectivity index (χ0) is 20.9. The van der Waals surface area contributed by atoms with Gasteiger partial charge in [-0.25, -0.2) is 9.50 Å². The summed E-state index contributed by atoms with van der Waals surface area (Å²) < 4.78 is 1.60. The van der Waals surface area contributed by atoms with Gasteiger partial charge in [-0.15, -0.1) is 0 Å². The van der Waals surface area contributed by atoms with Gasteiger partial charge < -0.3 is 4.90 Å². The first-order valence-electron chi connectivity index (χ1n) is 10.9. The number of aryl methyl sites for hydroxylation is 2. The summed E-state index contributed by atoms with van der Waals surface area (Å²) in [6, 6.07) is 12.2. The van der Waals surface area contributed by atoms with Crippen molar-refractivity contribution in [1.82, 2.24) is 19.5 Å². The minimum absolute atomic E-state index is 0.105. The first-order chi connectivity index (χ1) is 15.2. The molecule has 1 aliphatic heterocycles. The Hall–Kier alpha value is -3.54. The van der Waals surface area contributed by atoms with Gasteiger partial charge in [-0.2, -0.15) is 5.10 Å². The summed E-state index contributed by atoms with van der Waals surface area (Å²) in [4.78, 5) is 32.9. The van der Waals surface area contributed by atoms with Crippen molar-refractivity contribution in [3.63, 3.8) is 0 Å². The number of rotatable bonds is 3. The molecule has 6 nitrogen and oxygen atoms in total. The fraction of sp³-hybridized carbons (Fsp3) is 0.280. The van der Waals surface area contributed by atoms with Crippen molar-refractivity contribution in [3.05, 3.63) is 77.2 Å². The zero-order valence-corrected chi connectivity index (χ0v) is 17.1. The van der Waals surface area contributed by atoms with Crippen LogP contribution in [0.15, 0.2) is 55.0 Å². The molecule has 6 heteroatoms. The first-order valence-corrected chi connectivity index (χ1v) is 10.9. The van der Waals surface area contributed by atoms with Gasteiger partial charge in [-0.1, -0.05) is 30.3 Å². The summed E-state index contributed by atoms with van der Waals surface area (Å²) in [6.45, 7) is 1.08. The largest absolute Gasteiger partial charge is 0.338 e. The van der Waals surface area contributed by atoms with Crippen LogP contribution in [0.2, 0.25) is 0 Å². The van der Waals surface area contributed by atoms with E-state index < -0.39 is 0 Å². The summed E-state index contributed by atoms with van der Waals surface area (Å²) in [6.07, 6.45) is 8.71. The van der Waals surface area contributed by atoms with E-state index in [1.165, 1.54) is 16.5 Å². The molecule has 1 fully saturated rings. The average molecular weight is 410 g/mol. The van der Waals surface area contributed by atoms with E-state index in [0.29, 0.717) is 24.3 Å². The van der Waals surface area contributed by atoms with Gasteiger partial charge in [0.2, 0.25) is 0 Å². The number of hydrogen-bond acceptors (Lipinski definition) is 4. The summed E-state index contributed by atoms with van der Waals surface area (Å²) >= 11 is 0. The van der Waals surface area contributed by atoms with Crippen LogP contribution in [-0.4, -0.2) is 44.3 Å². The Morgan fingerprint density at radius 3 is 2.77 bits per heavy atom. The fourth-order valence-corrected chi connectivity index (χ4v) is 5.21. The van der Waals surface area contributed by atoms with Gasteiger partial charge in [0, 0.05) is 37.0 Å². The van der Waals surface area contributed by atoms with Gasteiger partial charge in [-0.3, -0.25) is 9.59 Å². The number of carbonyl (C=O) groups excluding carboxylic acids is 2. The Morgan fingerprint density at radius 1 is 1.00 bits per heavy atom. The normalized spacial score (nSPS) is 18.1. The highest BCUT2D eigenvalue weighted by atomic mass is 16.2. The maximum Gasteiger partial charge on any atom is 0.259 e. The highest BCUT2D eigenvalue weighted by molar-refractivity contribution is 6.11. The van der Waals surface area contributed by atoms with E-state index >= 15 is 0 Å². The molecule has 1 amide bonds. The number of amides is 1. The minimum atomic E-state index is -0.189. The van der Waals surface area contributed by atoms with E-state index in [1.807, 2.05) is 6.07 Å². The maximum atomic E-state index is 13.6. The van der Waals surface area contributed by atoms with Gasteiger partial charge in [-0.05, 0) is 53.6 Å². The predicted octanol–water partition coefficient (Wildman–Crippen LogP) is 3.72. The molecule has 4 aromatic rings. The van der Waals surface area contributed by atoms with Crippen molar-refractivity contribution in [1.29, 1.82) is 0 Å². The Morgan fingerprint density at radius 2 is 1.87 bits per heavy atom. The number of hydrogen-bond donors (Lipinski definition) is 0. The van der Waals surface area contributed by atoms with Crippen LogP contribution in [0.25, 0.3) is 16.4 Å². The van der Waals surface area contributed by atoms with Crippen molar-refractivity contribution in [2.24, 2.45) is 5.92 Å². The Kier molecular flexibility index (Phi) is 4.13. The van der Waals surface area contributed by atoms with Gasteiger partial charge in [0.25, 0.3) is 5.91 Å². The van der Waals surface area contributed by atoms with Crippen molar-refractivity contribution >= 4 is 28.1 Å². The highest BCUT2D eigenvalue weighted by Crippen LogP contribution is 2.34. The molecule has 0 unspecified atom stereocenters. The lowest BCUT2D eigenvalue weighted by atomic mass is 9.87. The van der Waals surface area contributed by atoms with Crippen molar-refractivity contribution < 1.29 is 9.59 Å². The van der Waals surface area contributed by atoms with Gasteiger partial charge in [0.15, 0.2) is 11.4 Å². The van der Waals surface area contributed by atoms with Gasteiger partial charge >= 0.3 is 0 Å². The second-order valence-corrected chi connectivity index (χ2v) is 8.51. The molecule has 1 atom stereocenters. The average Bonchev–Trinajstić information content (AvgIpc) is 3.44. The smallest absolute Gasteiger partial charge is 0.259 e. The van der Waals surface area contributed by atoms with Crippen LogP contribution in [0, 0.1) is 5.92 Å². The maximum absolute atomic E-state index is 13.6.